The van der Waals surface area contributed by atoms with Crippen molar-refractivity contribution in [1.82, 2.24) is 15.1 Å². The minimum atomic E-state index is -0.152. The molecule has 0 aromatic rings. The molecule has 0 atom stereocenters. The molecule has 100 valence electrons. The fourth-order valence-electron chi connectivity index (χ4n) is 2.19. The van der Waals surface area contributed by atoms with Crippen LogP contribution in [0.2, 0.25) is 0 Å². The van der Waals surface area contributed by atoms with Crippen LogP contribution < -0.4 is 5.32 Å². The van der Waals surface area contributed by atoms with E-state index in [2.05, 4.69) is 16.1 Å². The number of nitrogens with one attached hydrogen (secondary N) is 1. The van der Waals surface area contributed by atoms with Gasteiger partial charge in [0.25, 0.3) is 0 Å². The Labute approximate surface area is 108 Å². The molecule has 5 nitrogen and oxygen atoms in total. The second kappa shape index (κ2) is 5.70. The summed E-state index contributed by atoms with van der Waals surface area (Å²) in [7, 11) is 0. The Morgan fingerprint density at radius 1 is 1.39 bits per heavy atom. The highest BCUT2D eigenvalue weighted by atomic mass is 16.5. The summed E-state index contributed by atoms with van der Waals surface area (Å²) < 4.78 is 5.66. The standard InChI is InChI=1S/C13H21N3O2/c1-3-4-15-5-7-16(8-6-15)12(17)9-18-13(2)10-14-11-13/h1,14H,4-11H2,2H3. The molecule has 18 heavy (non-hydrogen) atoms. The van der Waals surface area contributed by atoms with E-state index in [9.17, 15) is 4.79 Å². The Morgan fingerprint density at radius 2 is 2.06 bits per heavy atom. The predicted octanol–water partition coefficient (Wildman–Crippen LogP) is -0.858. The molecule has 2 heterocycles. The van der Waals surface area contributed by atoms with Crippen LogP contribution in [0, 0.1) is 12.3 Å². The highest BCUT2D eigenvalue weighted by Crippen LogP contribution is 2.15. The van der Waals surface area contributed by atoms with Crippen LogP contribution in [-0.4, -0.2) is 73.7 Å². The smallest absolute Gasteiger partial charge is 0.248 e. The van der Waals surface area contributed by atoms with Gasteiger partial charge >= 0.3 is 0 Å². The van der Waals surface area contributed by atoms with E-state index in [-0.39, 0.29) is 18.1 Å². The summed E-state index contributed by atoms with van der Waals surface area (Å²) in [6, 6.07) is 0. The molecule has 0 spiro atoms. The number of ether oxygens (including phenoxy) is 1. The maximum Gasteiger partial charge on any atom is 0.248 e. The van der Waals surface area contributed by atoms with Gasteiger partial charge in [0, 0.05) is 39.3 Å². The number of hydrogen-bond acceptors (Lipinski definition) is 4. The van der Waals surface area contributed by atoms with Gasteiger partial charge < -0.3 is 15.0 Å². The van der Waals surface area contributed by atoms with Crippen molar-refractivity contribution in [2.24, 2.45) is 0 Å². The Morgan fingerprint density at radius 3 is 2.56 bits per heavy atom. The van der Waals surface area contributed by atoms with Crippen LogP contribution in [0.3, 0.4) is 0 Å². The van der Waals surface area contributed by atoms with Crippen molar-refractivity contribution >= 4 is 5.91 Å². The van der Waals surface area contributed by atoms with E-state index in [1.165, 1.54) is 0 Å². The Bertz CT molecular complexity index is 339. The lowest BCUT2D eigenvalue weighted by molar-refractivity contribution is -0.147. The molecule has 0 unspecified atom stereocenters. The maximum atomic E-state index is 12.0. The molecule has 0 radical (unpaired) electrons. The van der Waals surface area contributed by atoms with Crippen molar-refractivity contribution in [1.29, 1.82) is 0 Å². The van der Waals surface area contributed by atoms with Crippen LogP contribution in [0.5, 0.6) is 0 Å². The molecule has 1 amide bonds. The summed E-state index contributed by atoms with van der Waals surface area (Å²) in [5.74, 6) is 2.72. The first-order valence-electron chi connectivity index (χ1n) is 6.41. The zero-order chi connectivity index (χ0) is 13.0. The summed E-state index contributed by atoms with van der Waals surface area (Å²) in [5.41, 5.74) is -0.152. The molecule has 0 saturated carbocycles. The third kappa shape index (κ3) is 3.22. The lowest BCUT2D eigenvalue weighted by Gasteiger charge is -2.40. The second-order valence-electron chi connectivity index (χ2n) is 5.20. The molecule has 2 aliphatic heterocycles. The van der Waals surface area contributed by atoms with Gasteiger partial charge in [-0.3, -0.25) is 9.69 Å². The average molecular weight is 251 g/mol. The van der Waals surface area contributed by atoms with Crippen molar-refractivity contribution in [3.63, 3.8) is 0 Å². The van der Waals surface area contributed by atoms with E-state index in [0.29, 0.717) is 6.54 Å². The molecule has 0 aromatic carbocycles. The van der Waals surface area contributed by atoms with Gasteiger partial charge in [0.05, 0.1) is 12.1 Å². The summed E-state index contributed by atoms with van der Waals surface area (Å²) in [6.45, 7) is 7.75. The Kier molecular flexibility index (Phi) is 4.23. The monoisotopic (exact) mass is 251 g/mol. The second-order valence-corrected chi connectivity index (χ2v) is 5.20. The molecule has 2 fully saturated rings. The van der Waals surface area contributed by atoms with Crippen molar-refractivity contribution in [3.05, 3.63) is 0 Å². The first-order chi connectivity index (χ1) is 8.63. The van der Waals surface area contributed by atoms with Crippen molar-refractivity contribution in [3.8, 4) is 12.3 Å². The molecule has 2 rings (SSSR count). The number of piperazine rings is 1. The van der Waals surface area contributed by atoms with Gasteiger partial charge in [0.1, 0.15) is 6.61 Å². The number of rotatable bonds is 4. The van der Waals surface area contributed by atoms with E-state index >= 15 is 0 Å². The molecule has 2 aliphatic rings. The normalized spacial score (nSPS) is 23.2. The van der Waals surface area contributed by atoms with Gasteiger partial charge in [-0.1, -0.05) is 5.92 Å². The molecule has 0 bridgehead atoms. The molecule has 1 N–H and O–H groups in total. The summed E-state index contributed by atoms with van der Waals surface area (Å²) >= 11 is 0. The lowest BCUT2D eigenvalue weighted by Crippen LogP contribution is -2.60. The fraction of sp³-hybridized carbons (Fsp3) is 0.769. The SMILES string of the molecule is C#CCN1CCN(C(=O)COC2(C)CNC2)CC1. The van der Waals surface area contributed by atoms with Crippen molar-refractivity contribution < 1.29 is 9.53 Å². The topological polar surface area (TPSA) is 44.8 Å². The zero-order valence-corrected chi connectivity index (χ0v) is 10.9. The molecular weight excluding hydrogens is 230 g/mol. The van der Waals surface area contributed by atoms with Crippen LogP contribution in [0.25, 0.3) is 0 Å². The van der Waals surface area contributed by atoms with Crippen LogP contribution in [0.15, 0.2) is 0 Å². The number of hydrogen-bond donors (Lipinski definition) is 1. The maximum absolute atomic E-state index is 12.0. The van der Waals surface area contributed by atoms with Gasteiger partial charge in [-0.2, -0.15) is 0 Å². The van der Waals surface area contributed by atoms with Gasteiger partial charge in [0.15, 0.2) is 0 Å². The molecule has 2 saturated heterocycles. The zero-order valence-electron chi connectivity index (χ0n) is 10.9. The van der Waals surface area contributed by atoms with E-state index < -0.39 is 0 Å². The van der Waals surface area contributed by atoms with Crippen molar-refractivity contribution in [2.45, 2.75) is 12.5 Å². The molecule has 0 aliphatic carbocycles. The number of nitrogens with zero attached hydrogens (tertiary/aromatic N) is 2. The number of carbonyl (C=O) groups excluding carboxylic acids is 1. The van der Waals surface area contributed by atoms with Crippen LogP contribution in [0.4, 0.5) is 0 Å². The van der Waals surface area contributed by atoms with Gasteiger partial charge in [-0.05, 0) is 6.92 Å². The minimum Gasteiger partial charge on any atom is -0.363 e. The van der Waals surface area contributed by atoms with Gasteiger partial charge in [0.2, 0.25) is 5.91 Å². The van der Waals surface area contributed by atoms with E-state index in [0.717, 1.165) is 39.3 Å². The number of amides is 1. The van der Waals surface area contributed by atoms with E-state index in [4.69, 9.17) is 11.2 Å². The van der Waals surface area contributed by atoms with E-state index in [1.54, 1.807) is 0 Å². The Hall–Kier alpha value is -1.09. The highest BCUT2D eigenvalue weighted by Gasteiger charge is 2.33. The Balaban J connectivity index is 1.69. The van der Waals surface area contributed by atoms with Crippen molar-refractivity contribution in [2.75, 3.05) is 52.4 Å². The van der Waals surface area contributed by atoms with Crippen LogP contribution >= 0.6 is 0 Å². The van der Waals surface area contributed by atoms with E-state index in [1.807, 2.05) is 11.8 Å². The summed E-state index contributed by atoms with van der Waals surface area (Å²) in [4.78, 5) is 16.0. The van der Waals surface area contributed by atoms with Gasteiger partial charge in [-0.25, -0.2) is 0 Å². The number of terminal acetylenes is 1. The minimum absolute atomic E-state index is 0.0866. The first-order valence-corrected chi connectivity index (χ1v) is 6.41. The van der Waals surface area contributed by atoms with Crippen LogP contribution in [-0.2, 0) is 9.53 Å². The lowest BCUT2D eigenvalue weighted by atomic mass is 10.0. The largest absolute Gasteiger partial charge is 0.363 e. The highest BCUT2D eigenvalue weighted by molar-refractivity contribution is 5.77. The number of carbonyl (C=O) groups is 1. The molecule has 0 aromatic heterocycles. The molecule has 5 heteroatoms. The molecular formula is C13H21N3O2. The summed E-state index contributed by atoms with van der Waals surface area (Å²) in [6.07, 6.45) is 5.27. The van der Waals surface area contributed by atoms with Gasteiger partial charge in [-0.15, -0.1) is 6.42 Å². The quantitative estimate of drug-likeness (QED) is 0.661. The van der Waals surface area contributed by atoms with Crippen LogP contribution in [0.1, 0.15) is 6.92 Å². The predicted molar refractivity (Wildman–Crippen MR) is 69.1 cm³/mol. The third-order valence-electron chi connectivity index (χ3n) is 3.58. The fourth-order valence-corrected chi connectivity index (χ4v) is 2.19. The average Bonchev–Trinajstić information content (AvgIpc) is 2.35. The summed E-state index contributed by atoms with van der Waals surface area (Å²) in [5, 5.41) is 3.15. The first kappa shape index (κ1) is 13.3. The third-order valence-corrected chi connectivity index (χ3v) is 3.58.